The van der Waals surface area contributed by atoms with Crippen molar-refractivity contribution in [1.29, 1.82) is 0 Å². The van der Waals surface area contributed by atoms with Crippen molar-refractivity contribution < 1.29 is 4.42 Å². The zero-order chi connectivity index (χ0) is 11.1. The quantitative estimate of drug-likeness (QED) is 0.773. The van der Waals surface area contributed by atoms with E-state index in [4.69, 9.17) is 4.42 Å². The summed E-state index contributed by atoms with van der Waals surface area (Å²) in [5.74, 6) is 4.10. The fraction of sp³-hybridized carbons (Fsp3) is 0.667. The number of furan rings is 1. The Morgan fingerprint density at radius 3 is 2.73 bits per heavy atom. The summed E-state index contributed by atoms with van der Waals surface area (Å²) < 4.78 is 5.43. The first-order chi connectivity index (χ1) is 7.24. The average Bonchev–Trinajstić information content (AvgIpc) is 2.68. The molecule has 0 aliphatic carbocycles. The van der Waals surface area contributed by atoms with Crippen molar-refractivity contribution >= 4 is 11.8 Å². The molecule has 0 aliphatic heterocycles. The number of hydrogen-bond donors (Lipinski definition) is 1. The topological polar surface area (TPSA) is 25.2 Å². The molecule has 1 unspecified atom stereocenters. The molecule has 1 aromatic rings. The third kappa shape index (κ3) is 4.76. The Hall–Kier alpha value is -0.410. The van der Waals surface area contributed by atoms with Crippen LogP contribution in [0.1, 0.15) is 32.6 Å². The van der Waals surface area contributed by atoms with Gasteiger partial charge in [-0.1, -0.05) is 20.8 Å². The smallest absolute Gasteiger partial charge is 0.121 e. The van der Waals surface area contributed by atoms with Gasteiger partial charge in [-0.15, -0.1) is 0 Å². The summed E-state index contributed by atoms with van der Waals surface area (Å²) in [6.07, 6.45) is 1.74. The molecule has 86 valence electrons. The van der Waals surface area contributed by atoms with Gasteiger partial charge >= 0.3 is 0 Å². The minimum atomic E-state index is 0.355. The molecule has 0 bridgehead atoms. The van der Waals surface area contributed by atoms with Gasteiger partial charge in [0.05, 0.1) is 12.3 Å². The van der Waals surface area contributed by atoms with Gasteiger partial charge in [-0.3, -0.25) is 0 Å². The molecule has 0 spiro atoms. The largest absolute Gasteiger partial charge is 0.468 e. The monoisotopic (exact) mass is 227 g/mol. The van der Waals surface area contributed by atoms with Crippen molar-refractivity contribution in [3.05, 3.63) is 24.2 Å². The lowest BCUT2D eigenvalue weighted by molar-refractivity contribution is 0.441. The lowest BCUT2D eigenvalue weighted by Crippen LogP contribution is -2.22. The highest BCUT2D eigenvalue weighted by Gasteiger charge is 2.12. The van der Waals surface area contributed by atoms with E-state index in [1.54, 1.807) is 6.26 Å². The summed E-state index contributed by atoms with van der Waals surface area (Å²) in [5.41, 5.74) is 0. The Morgan fingerprint density at radius 1 is 1.40 bits per heavy atom. The maximum Gasteiger partial charge on any atom is 0.121 e. The van der Waals surface area contributed by atoms with Gasteiger partial charge < -0.3 is 9.73 Å². The van der Waals surface area contributed by atoms with Crippen LogP contribution in [0.2, 0.25) is 0 Å². The Balaban J connectivity index is 2.38. The van der Waals surface area contributed by atoms with E-state index in [2.05, 4.69) is 26.1 Å². The summed E-state index contributed by atoms with van der Waals surface area (Å²) in [6, 6.07) is 4.35. The van der Waals surface area contributed by atoms with Gasteiger partial charge in [0.2, 0.25) is 0 Å². The van der Waals surface area contributed by atoms with Crippen molar-refractivity contribution in [3.63, 3.8) is 0 Å². The van der Waals surface area contributed by atoms with Crippen LogP contribution in [0, 0.1) is 5.92 Å². The molecular weight excluding hydrogens is 206 g/mol. The molecule has 0 amide bonds. The number of thioether (sulfide) groups is 1. The van der Waals surface area contributed by atoms with E-state index in [9.17, 15) is 0 Å². The molecule has 15 heavy (non-hydrogen) atoms. The predicted molar refractivity (Wildman–Crippen MR) is 67.3 cm³/mol. The Kier molecular flexibility index (Phi) is 5.88. The van der Waals surface area contributed by atoms with E-state index >= 15 is 0 Å². The van der Waals surface area contributed by atoms with Gasteiger partial charge in [-0.05, 0) is 30.3 Å². The van der Waals surface area contributed by atoms with Crippen LogP contribution >= 0.6 is 11.8 Å². The van der Waals surface area contributed by atoms with Crippen LogP contribution in [0.5, 0.6) is 0 Å². The van der Waals surface area contributed by atoms with Crippen molar-refractivity contribution in [2.24, 2.45) is 5.92 Å². The highest BCUT2D eigenvalue weighted by Crippen LogP contribution is 2.20. The molecule has 2 nitrogen and oxygen atoms in total. The molecule has 1 heterocycles. The first kappa shape index (κ1) is 12.7. The number of nitrogens with one attached hydrogen (secondary N) is 1. The summed E-state index contributed by atoms with van der Waals surface area (Å²) >= 11 is 1.99. The fourth-order valence-electron chi connectivity index (χ4n) is 1.40. The standard InChI is InChI=1S/C12H21NOS/c1-4-13-11(9-15-8-10(2)3)12-6-5-7-14-12/h5-7,10-11,13H,4,8-9H2,1-3H3. The van der Waals surface area contributed by atoms with Crippen LogP contribution in [0.15, 0.2) is 22.8 Å². The zero-order valence-electron chi connectivity index (χ0n) is 9.82. The van der Waals surface area contributed by atoms with E-state index in [0.717, 1.165) is 24.0 Å². The minimum absolute atomic E-state index is 0.355. The molecule has 0 fully saturated rings. The van der Waals surface area contributed by atoms with Crippen molar-refractivity contribution in [1.82, 2.24) is 5.32 Å². The lowest BCUT2D eigenvalue weighted by atomic mass is 10.2. The Morgan fingerprint density at radius 2 is 2.20 bits per heavy atom. The van der Waals surface area contributed by atoms with E-state index in [1.165, 1.54) is 5.75 Å². The Labute approximate surface area is 96.8 Å². The van der Waals surface area contributed by atoms with Crippen LogP contribution in [0.4, 0.5) is 0 Å². The van der Waals surface area contributed by atoms with Crippen LogP contribution < -0.4 is 5.32 Å². The second-order valence-electron chi connectivity index (χ2n) is 4.06. The summed E-state index contributed by atoms with van der Waals surface area (Å²) in [5, 5.41) is 3.44. The van der Waals surface area contributed by atoms with Crippen molar-refractivity contribution in [2.75, 3.05) is 18.1 Å². The van der Waals surface area contributed by atoms with E-state index in [0.29, 0.717) is 6.04 Å². The highest BCUT2D eigenvalue weighted by atomic mass is 32.2. The average molecular weight is 227 g/mol. The Bertz CT molecular complexity index is 246. The maximum atomic E-state index is 5.43. The lowest BCUT2D eigenvalue weighted by Gasteiger charge is -2.15. The molecule has 0 saturated carbocycles. The van der Waals surface area contributed by atoms with Crippen molar-refractivity contribution in [2.45, 2.75) is 26.8 Å². The molecule has 0 saturated heterocycles. The third-order valence-electron chi connectivity index (χ3n) is 2.07. The van der Waals surface area contributed by atoms with Gasteiger partial charge in [0, 0.05) is 5.75 Å². The first-order valence-corrected chi connectivity index (χ1v) is 6.74. The number of rotatable bonds is 7. The molecule has 1 rings (SSSR count). The maximum absolute atomic E-state index is 5.43. The van der Waals surface area contributed by atoms with Crippen LogP contribution in [-0.4, -0.2) is 18.1 Å². The predicted octanol–water partition coefficient (Wildman–Crippen LogP) is 3.32. The molecule has 1 aromatic heterocycles. The van der Waals surface area contributed by atoms with Gasteiger partial charge in [0.25, 0.3) is 0 Å². The second kappa shape index (κ2) is 6.96. The van der Waals surface area contributed by atoms with Gasteiger partial charge in [0.15, 0.2) is 0 Å². The van der Waals surface area contributed by atoms with E-state index < -0.39 is 0 Å². The van der Waals surface area contributed by atoms with Gasteiger partial charge in [0.1, 0.15) is 5.76 Å². The van der Waals surface area contributed by atoms with E-state index in [-0.39, 0.29) is 0 Å². The van der Waals surface area contributed by atoms with Crippen LogP contribution in [0.25, 0.3) is 0 Å². The molecule has 0 aromatic carbocycles. The zero-order valence-corrected chi connectivity index (χ0v) is 10.6. The fourth-order valence-corrected chi connectivity index (χ4v) is 2.52. The molecule has 3 heteroatoms. The van der Waals surface area contributed by atoms with Crippen LogP contribution in [0.3, 0.4) is 0 Å². The summed E-state index contributed by atoms with van der Waals surface area (Å²) in [4.78, 5) is 0. The first-order valence-electron chi connectivity index (χ1n) is 5.58. The van der Waals surface area contributed by atoms with Crippen molar-refractivity contribution in [3.8, 4) is 0 Å². The minimum Gasteiger partial charge on any atom is -0.468 e. The van der Waals surface area contributed by atoms with Gasteiger partial charge in [-0.2, -0.15) is 11.8 Å². The molecular formula is C12H21NOS. The van der Waals surface area contributed by atoms with Gasteiger partial charge in [-0.25, -0.2) is 0 Å². The summed E-state index contributed by atoms with van der Waals surface area (Å²) in [7, 11) is 0. The highest BCUT2D eigenvalue weighted by molar-refractivity contribution is 7.99. The number of hydrogen-bond acceptors (Lipinski definition) is 3. The van der Waals surface area contributed by atoms with E-state index in [1.807, 2.05) is 23.9 Å². The SMILES string of the molecule is CCNC(CSCC(C)C)c1ccco1. The molecule has 1 N–H and O–H groups in total. The summed E-state index contributed by atoms with van der Waals surface area (Å²) in [6.45, 7) is 7.61. The third-order valence-corrected chi connectivity index (χ3v) is 3.54. The van der Waals surface area contributed by atoms with Crippen LogP contribution in [-0.2, 0) is 0 Å². The molecule has 1 atom stereocenters. The normalized spacial score (nSPS) is 13.3. The molecule has 0 radical (unpaired) electrons. The molecule has 0 aliphatic rings. The second-order valence-corrected chi connectivity index (χ2v) is 5.13.